The summed E-state index contributed by atoms with van der Waals surface area (Å²) < 4.78 is 10.4. The standard InChI is InChI=1S/C15H18N2O4/c18-14(16-9-11-2-1-7-20-11)6-4-10-3-5-13-12(8-10)17-15(19)21-13/h3,5,8,11H,1-2,4,6-7,9H2,(H,16,18)(H,17,19). The van der Waals surface area contributed by atoms with E-state index >= 15 is 0 Å². The minimum Gasteiger partial charge on any atom is -0.408 e. The number of hydrogen-bond donors (Lipinski definition) is 2. The Morgan fingerprint density at radius 3 is 3.14 bits per heavy atom. The van der Waals surface area contributed by atoms with Gasteiger partial charge in [-0.05, 0) is 37.0 Å². The van der Waals surface area contributed by atoms with Crippen molar-refractivity contribution in [3.05, 3.63) is 34.3 Å². The number of ether oxygens (including phenoxy) is 1. The number of carbonyl (C=O) groups excluding carboxylic acids is 1. The van der Waals surface area contributed by atoms with Gasteiger partial charge >= 0.3 is 5.76 Å². The number of carbonyl (C=O) groups is 1. The van der Waals surface area contributed by atoms with Gasteiger partial charge in [0, 0.05) is 19.6 Å². The second kappa shape index (κ2) is 6.13. The van der Waals surface area contributed by atoms with Gasteiger partial charge in [0.2, 0.25) is 5.91 Å². The minimum absolute atomic E-state index is 0.0197. The lowest BCUT2D eigenvalue weighted by atomic mass is 10.1. The van der Waals surface area contributed by atoms with Gasteiger partial charge in [-0.3, -0.25) is 9.78 Å². The van der Waals surface area contributed by atoms with Gasteiger partial charge in [0.25, 0.3) is 0 Å². The number of rotatable bonds is 5. The molecule has 1 unspecified atom stereocenters. The summed E-state index contributed by atoms with van der Waals surface area (Å²) in [5, 5.41) is 2.90. The Labute approximate surface area is 121 Å². The quantitative estimate of drug-likeness (QED) is 0.870. The second-order valence-electron chi connectivity index (χ2n) is 5.28. The fourth-order valence-electron chi connectivity index (χ4n) is 2.53. The lowest BCUT2D eigenvalue weighted by molar-refractivity contribution is -0.121. The number of fused-ring (bicyclic) bond motifs is 1. The van der Waals surface area contributed by atoms with Crippen molar-refractivity contribution in [3.63, 3.8) is 0 Å². The predicted octanol–water partition coefficient (Wildman–Crippen LogP) is 1.35. The molecule has 1 fully saturated rings. The maximum absolute atomic E-state index is 11.8. The lowest BCUT2D eigenvalue weighted by Crippen LogP contribution is -2.31. The van der Waals surface area contributed by atoms with E-state index in [9.17, 15) is 9.59 Å². The van der Waals surface area contributed by atoms with Crippen LogP contribution >= 0.6 is 0 Å². The molecule has 2 heterocycles. The smallest absolute Gasteiger partial charge is 0.408 e. The van der Waals surface area contributed by atoms with Crippen molar-refractivity contribution in [2.45, 2.75) is 31.8 Å². The zero-order chi connectivity index (χ0) is 14.7. The Bertz CT molecular complexity index is 682. The monoisotopic (exact) mass is 290 g/mol. The average Bonchev–Trinajstić information content (AvgIpc) is 3.10. The van der Waals surface area contributed by atoms with Gasteiger partial charge in [-0.1, -0.05) is 6.07 Å². The largest absolute Gasteiger partial charge is 0.417 e. The highest BCUT2D eigenvalue weighted by molar-refractivity contribution is 5.77. The molecule has 6 nitrogen and oxygen atoms in total. The van der Waals surface area contributed by atoms with Crippen molar-refractivity contribution in [1.29, 1.82) is 0 Å². The van der Waals surface area contributed by atoms with Crippen molar-refractivity contribution in [2.24, 2.45) is 0 Å². The molecule has 1 aliphatic heterocycles. The van der Waals surface area contributed by atoms with Crippen molar-refractivity contribution in [1.82, 2.24) is 10.3 Å². The molecule has 0 saturated carbocycles. The van der Waals surface area contributed by atoms with Crippen LogP contribution in [0.3, 0.4) is 0 Å². The van der Waals surface area contributed by atoms with Gasteiger partial charge in [0.05, 0.1) is 11.6 Å². The molecular formula is C15H18N2O4. The summed E-state index contributed by atoms with van der Waals surface area (Å²) in [6.45, 7) is 1.39. The van der Waals surface area contributed by atoms with Crippen molar-refractivity contribution >= 4 is 17.0 Å². The number of oxazole rings is 1. The first kappa shape index (κ1) is 13.9. The van der Waals surface area contributed by atoms with Crippen LogP contribution in [0.25, 0.3) is 11.1 Å². The van der Waals surface area contributed by atoms with Crippen LogP contribution in [0.5, 0.6) is 0 Å². The maximum Gasteiger partial charge on any atom is 0.417 e. The van der Waals surface area contributed by atoms with Gasteiger partial charge in [-0.15, -0.1) is 0 Å². The summed E-state index contributed by atoms with van der Waals surface area (Å²) in [4.78, 5) is 25.5. The van der Waals surface area contributed by atoms with E-state index in [0.717, 1.165) is 25.0 Å². The number of hydrogen-bond acceptors (Lipinski definition) is 4. The van der Waals surface area contributed by atoms with Crippen LogP contribution in [-0.2, 0) is 16.0 Å². The molecule has 112 valence electrons. The van der Waals surface area contributed by atoms with Crippen molar-refractivity contribution in [3.8, 4) is 0 Å². The van der Waals surface area contributed by atoms with Crippen LogP contribution in [0.4, 0.5) is 0 Å². The number of H-pyrrole nitrogens is 1. The zero-order valence-electron chi connectivity index (χ0n) is 11.7. The second-order valence-corrected chi connectivity index (χ2v) is 5.28. The van der Waals surface area contributed by atoms with Crippen molar-refractivity contribution < 1.29 is 13.9 Å². The van der Waals surface area contributed by atoms with E-state index in [1.807, 2.05) is 12.1 Å². The Balaban J connectivity index is 1.50. The molecule has 2 N–H and O–H groups in total. The predicted molar refractivity (Wildman–Crippen MR) is 77.1 cm³/mol. The average molecular weight is 290 g/mol. The van der Waals surface area contributed by atoms with Crippen LogP contribution in [0.2, 0.25) is 0 Å². The third-order valence-electron chi connectivity index (χ3n) is 3.67. The molecule has 1 saturated heterocycles. The van der Waals surface area contributed by atoms with E-state index < -0.39 is 5.76 Å². The highest BCUT2D eigenvalue weighted by Gasteiger charge is 2.16. The molecule has 6 heteroatoms. The Morgan fingerprint density at radius 1 is 1.43 bits per heavy atom. The maximum atomic E-state index is 11.8. The molecule has 0 spiro atoms. The Kier molecular flexibility index (Phi) is 4.06. The fourth-order valence-corrected chi connectivity index (χ4v) is 2.53. The summed E-state index contributed by atoms with van der Waals surface area (Å²) in [7, 11) is 0. The molecule has 1 aromatic heterocycles. The topological polar surface area (TPSA) is 84.3 Å². The van der Waals surface area contributed by atoms with E-state index in [2.05, 4.69) is 10.3 Å². The van der Waals surface area contributed by atoms with E-state index in [1.165, 1.54) is 0 Å². The van der Waals surface area contributed by atoms with Crippen LogP contribution in [0.15, 0.2) is 27.4 Å². The van der Waals surface area contributed by atoms with Gasteiger partial charge in [0.15, 0.2) is 5.58 Å². The Morgan fingerprint density at radius 2 is 2.33 bits per heavy atom. The van der Waals surface area contributed by atoms with E-state index in [0.29, 0.717) is 30.5 Å². The first-order chi connectivity index (χ1) is 10.2. The molecule has 1 atom stereocenters. The molecule has 1 amide bonds. The summed E-state index contributed by atoms with van der Waals surface area (Å²) in [6.07, 6.45) is 3.30. The summed E-state index contributed by atoms with van der Waals surface area (Å²) >= 11 is 0. The summed E-state index contributed by atoms with van der Waals surface area (Å²) in [6, 6.07) is 5.45. The molecule has 0 aliphatic carbocycles. The van der Waals surface area contributed by atoms with E-state index in [4.69, 9.17) is 9.15 Å². The van der Waals surface area contributed by atoms with Crippen LogP contribution in [-0.4, -0.2) is 30.1 Å². The number of aryl methyl sites for hydroxylation is 1. The lowest BCUT2D eigenvalue weighted by Gasteiger charge is -2.10. The number of nitrogens with one attached hydrogen (secondary N) is 2. The zero-order valence-corrected chi connectivity index (χ0v) is 11.7. The normalized spacial score (nSPS) is 18.2. The summed E-state index contributed by atoms with van der Waals surface area (Å²) in [5.74, 6) is -0.442. The van der Waals surface area contributed by atoms with Crippen LogP contribution in [0.1, 0.15) is 24.8 Å². The third-order valence-corrected chi connectivity index (χ3v) is 3.67. The summed E-state index contributed by atoms with van der Waals surface area (Å²) in [5.41, 5.74) is 2.19. The van der Waals surface area contributed by atoms with E-state index in [1.54, 1.807) is 6.07 Å². The molecule has 0 radical (unpaired) electrons. The fraction of sp³-hybridized carbons (Fsp3) is 0.467. The van der Waals surface area contributed by atoms with Crippen LogP contribution < -0.4 is 11.1 Å². The molecule has 2 aromatic rings. The van der Waals surface area contributed by atoms with Crippen LogP contribution in [0, 0.1) is 0 Å². The van der Waals surface area contributed by atoms with Gasteiger partial charge in [0.1, 0.15) is 0 Å². The van der Waals surface area contributed by atoms with Gasteiger partial charge in [-0.25, -0.2) is 4.79 Å². The number of aromatic nitrogens is 1. The molecule has 0 bridgehead atoms. The highest BCUT2D eigenvalue weighted by atomic mass is 16.5. The third kappa shape index (κ3) is 3.52. The van der Waals surface area contributed by atoms with Gasteiger partial charge < -0.3 is 14.5 Å². The molecular weight excluding hydrogens is 272 g/mol. The first-order valence-electron chi connectivity index (χ1n) is 7.21. The molecule has 1 aromatic carbocycles. The number of benzene rings is 1. The highest BCUT2D eigenvalue weighted by Crippen LogP contribution is 2.14. The molecule has 3 rings (SSSR count). The van der Waals surface area contributed by atoms with E-state index in [-0.39, 0.29) is 12.0 Å². The molecule has 21 heavy (non-hydrogen) atoms. The number of amides is 1. The minimum atomic E-state index is -0.462. The number of aromatic amines is 1. The SMILES string of the molecule is O=C(CCc1ccc2oc(=O)[nH]c2c1)NCC1CCCO1. The first-order valence-corrected chi connectivity index (χ1v) is 7.21. The molecule has 1 aliphatic rings. The van der Waals surface area contributed by atoms with Crippen molar-refractivity contribution in [2.75, 3.05) is 13.2 Å². The Hall–Kier alpha value is -2.08. The van der Waals surface area contributed by atoms with Gasteiger partial charge in [-0.2, -0.15) is 0 Å².